The Hall–Kier alpha value is -1.31. The van der Waals surface area contributed by atoms with Crippen molar-refractivity contribution in [1.29, 1.82) is 0 Å². The van der Waals surface area contributed by atoms with Crippen LogP contribution in [0, 0.1) is 11.3 Å². The Morgan fingerprint density at radius 3 is 2.85 bits per heavy atom. The van der Waals surface area contributed by atoms with Crippen molar-refractivity contribution < 1.29 is 9.90 Å². The molecule has 1 N–H and O–H groups in total. The van der Waals surface area contributed by atoms with E-state index in [1.807, 2.05) is 0 Å². The lowest BCUT2D eigenvalue weighted by atomic mass is 9.67. The number of benzene rings is 1. The highest BCUT2D eigenvalue weighted by molar-refractivity contribution is 5.75. The van der Waals surface area contributed by atoms with Crippen molar-refractivity contribution >= 4 is 5.97 Å². The lowest BCUT2D eigenvalue weighted by Gasteiger charge is -2.36. The standard InChI is InChI=1S/C18H24O2/c1-13-4-3-9-18(11-13,17(19)20)12-14-7-8-15-5-2-6-16(15)10-14/h7-8,10,13H,2-6,9,11-12H2,1H3,(H,19,20). The van der Waals surface area contributed by atoms with Gasteiger partial charge in [0.25, 0.3) is 0 Å². The third-order valence-electron chi connectivity index (χ3n) is 5.25. The van der Waals surface area contributed by atoms with E-state index >= 15 is 0 Å². The number of carboxylic acid groups (broad SMARTS) is 1. The van der Waals surface area contributed by atoms with E-state index in [1.165, 1.54) is 42.4 Å². The lowest BCUT2D eigenvalue weighted by molar-refractivity contribution is -0.152. The van der Waals surface area contributed by atoms with Gasteiger partial charge in [-0.25, -0.2) is 0 Å². The average Bonchev–Trinajstić information content (AvgIpc) is 2.86. The molecule has 1 fully saturated rings. The van der Waals surface area contributed by atoms with E-state index in [4.69, 9.17) is 0 Å². The van der Waals surface area contributed by atoms with Crippen LogP contribution in [0.15, 0.2) is 18.2 Å². The SMILES string of the molecule is CC1CCCC(Cc2ccc3c(c2)CCC3)(C(=O)O)C1. The predicted octanol–water partition coefficient (Wildman–Crippen LogP) is 4.00. The summed E-state index contributed by atoms with van der Waals surface area (Å²) in [5.41, 5.74) is 3.62. The lowest BCUT2D eigenvalue weighted by Crippen LogP contribution is -2.38. The molecule has 0 amide bonds. The van der Waals surface area contributed by atoms with Crippen LogP contribution in [-0.2, 0) is 24.1 Å². The van der Waals surface area contributed by atoms with Gasteiger partial charge in [0.05, 0.1) is 5.41 Å². The second-order valence-electron chi connectivity index (χ2n) is 6.92. The Kier molecular flexibility index (Phi) is 3.57. The quantitative estimate of drug-likeness (QED) is 0.903. The van der Waals surface area contributed by atoms with Crippen molar-refractivity contribution in [3.8, 4) is 0 Å². The average molecular weight is 272 g/mol. The van der Waals surface area contributed by atoms with Crippen LogP contribution in [0.25, 0.3) is 0 Å². The van der Waals surface area contributed by atoms with Gasteiger partial charge in [-0.2, -0.15) is 0 Å². The van der Waals surface area contributed by atoms with Gasteiger partial charge in [0, 0.05) is 0 Å². The Morgan fingerprint density at radius 1 is 1.30 bits per heavy atom. The molecule has 0 bridgehead atoms. The Labute approximate surface area is 121 Å². The van der Waals surface area contributed by atoms with Crippen LogP contribution in [0.2, 0.25) is 0 Å². The van der Waals surface area contributed by atoms with E-state index < -0.39 is 11.4 Å². The molecule has 0 aromatic heterocycles. The smallest absolute Gasteiger partial charge is 0.309 e. The number of aryl methyl sites for hydroxylation is 2. The number of carboxylic acids is 1. The molecular weight excluding hydrogens is 248 g/mol. The topological polar surface area (TPSA) is 37.3 Å². The van der Waals surface area contributed by atoms with Gasteiger partial charge < -0.3 is 5.11 Å². The van der Waals surface area contributed by atoms with Crippen molar-refractivity contribution in [2.24, 2.45) is 11.3 Å². The van der Waals surface area contributed by atoms with Crippen LogP contribution in [-0.4, -0.2) is 11.1 Å². The molecule has 20 heavy (non-hydrogen) atoms. The highest BCUT2D eigenvalue weighted by Crippen LogP contribution is 2.42. The van der Waals surface area contributed by atoms with Crippen molar-refractivity contribution in [2.75, 3.05) is 0 Å². The summed E-state index contributed by atoms with van der Waals surface area (Å²) in [7, 11) is 0. The van der Waals surface area contributed by atoms with Crippen LogP contribution >= 0.6 is 0 Å². The zero-order valence-electron chi connectivity index (χ0n) is 12.3. The summed E-state index contributed by atoms with van der Waals surface area (Å²) in [5, 5.41) is 9.76. The van der Waals surface area contributed by atoms with E-state index in [2.05, 4.69) is 25.1 Å². The first-order valence-corrected chi connectivity index (χ1v) is 7.93. The second-order valence-corrected chi connectivity index (χ2v) is 6.92. The maximum Gasteiger partial charge on any atom is 0.309 e. The Bertz CT molecular complexity index is 520. The molecular formula is C18H24O2. The molecule has 108 valence electrons. The maximum atomic E-state index is 11.9. The third kappa shape index (κ3) is 2.48. The number of aliphatic carboxylic acids is 1. The minimum absolute atomic E-state index is 0.523. The van der Waals surface area contributed by atoms with Crippen LogP contribution in [0.1, 0.15) is 55.7 Å². The molecule has 0 heterocycles. The molecule has 3 rings (SSSR count). The summed E-state index contributed by atoms with van der Waals surface area (Å²) in [4.78, 5) is 11.9. The zero-order chi connectivity index (χ0) is 14.2. The largest absolute Gasteiger partial charge is 0.481 e. The third-order valence-corrected chi connectivity index (χ3v) is 5.25. The van der Waals surface area contributed by atoms with E-state index in [9.17, 15) is 9.90 Å². The molecule has 2 atom stereocenters. The number of hydrogen-bond donors (Lipinski definition) is 1. The summed E-state index contributed by atoms with van der Waals surface area (Å²) in [6, 6.07) is 6.65. The van der Waals surface area contributed by atoms with Crippen LogP contribution < -0.4 is 0 Å². The molecule has 0 aliphatic heterocycles. The summed E-state index contributed by atoms with van der Waals surface area (Å²) in [6.45, 7) is 2.19. The monoisotopic (exact) mass is 272 g/mol. The van der Waals surface area contributed by atoms with Crippen molar-refractivity contribution in [3.63, 3.8) is 0 Å². The van der Waals surface area contributed by atoms with E-state index in [0.717, 1.165) is 19.3 Å². The van der Waals surface area contributed by atoms with Gasteiger partial charge in [-0.3, -0.25) is 4.79 Å². The van der Waals surface area contributed by atoms with Crippen molar-refractivity contribution in [3.05, 3.63) is 34.9 Å². The van der Waals surface area contributed by atoms with Crippen molar-refractivity contribution in [2.45, 2.75) is 58.3 Å². The molecule has 2 nitrogen and oxygen atoms in total. The number of fused-ring (bicyclic) bond motifs is 1. The summed E-state index contributed by atoms with van der Waals surface area (Å²) in [6.07, 6.45) is 8.22. The van der Waals surface area contributed by atoms with Gasteiger partial charge in [0.1, 0.15) is 0 Å². The van der Waals surface area contributed by atoms with Gasteiger partial charge in [-0.15, -0.1) is 0 Å². The van der Waals surface area contributed by atoms with Gasteiger partial charge in [-0.05, 0) is 61.1 Å². The van der Waals surface area contributed by atoms with Gasteiger partial charge in [0.2, 0.25) is 0 Å². The second kappa shape index (κ2) is 5.23. The molecule has 1 aromatic rings. The Morgan fingerprint density at radius 2 is 2.10 bits per heavy atom. The highest BCUT2D eigenvalue weighted by Gasteiger charge is 2.41. The maximum absolute atomic E-state index is 11.9. The fourth-order valence-electron chi connectivity index (χ4n) is 4.22. The van der Waals surface area contributed by atoms with Crippen LogP contribution in [0.3, 0.4) is 0 Å². The number of carbonyl (C=O) groups is 1. The molecule has 1 saturated carbocycles. The molecule has 0 spiro atoms. The molecule has 0 radical (unpaired) electrons. The molecule has 2 unspecified atom stereocenters. The van der Waals surface area contributed by atoms with Gasteiger partial charge >= 0.3 is 5.97 Å². The van der Waals surface area contributed by atoms with Crippen molar-refractivity contribution in [1.82, 2.24) is 0 Å². The molecule has 2 aliphatic carbocycles. The molecule has 1 aromatic carbocycles. The molecule has 2 aliphatic rings. The Balaban J connectivity index is 1.85. The normalized spacial score (nSPS) is 29.1. The molecule has 0 saturated heterocycles. The highest BCUT2D eigenvalue weighted by atomic mass is 16.4. The summed E-state index contributed by atoms with van der Waals surface area (Å²) in [5.74, 6) is -0.0566. The summed E-state index contributed by atoms with van der Waals surface area (Å²) < 4.78 is 0. The van der Waals surface area contributed by atoms with E-state index in [-0.39, 0.29) is 0 Å². The van der Waals surface area contributed by atoms with Crippen LogP contribution in [0.5, 0.6) is 0 Å². The zero-order valence-corrected chi connectivity index (χ0v) is 12.3. The van der Waals surface area contributed by atoms with E-state index in [1.54, 1.807) is 0 Å². The van der Waals surface area contributed by atoms with Gasteiger partial charge in [-0.1, -0.05) is 38.0 Å². The first-order valence-electron chi connectivity index (χ1n) is 7.93. The molecule has 2 heteroatoms. The minimum Gasteiger partial charge on any atom is -0.481 e. The fraction of sp³-hybridized carbons (Fsp3) is 0.611. The number of hydrogen-bond acceptors (Lipinski definition) is 1. The number of rotatable bonds is 3. The minimum atomic E-state index is -0.593. The first-order chi connectivity index (χ1) is 9.59. The predicted molar refractivity (Wildman–Crippen MR) is 79.9 cm³/mol. The van der Waals surface area contributed by atoms with Crippen LogP contribution in [0.4, 0.5) is 0 Å². The van der Waals surface area contributed by atoms with Gasteiger partial charge in [0.15, 0.2) is 0 Å². The fourth-order valence-corrected chi connectivity index (χ4v) is 4.22. The first kappa shape index (κ1) is 13.7. The summed E-state index contributed by atoms with van der Waals surface area (Å²) >= 11 is 0. The van der Waals surface area contributed by atoms with E-state index in [0.29, 0.717) is 12.3 Å².